The first-order chi connectivity index (χ1) is 16.5. The van der Waals surface area contributed by atoms with Gasteiger partial charge in [0.1, 0.15) is 0 Å². The van der Waals surface area contributed by atoms with Gasteiger partial charge in [-0.1, -0.05) is 12.2 Å². The molecule has 0 radical (unpaired) electrons. The van der Waals surface area contributed by atoms with Gasteiger partial charge in [-0.05, 0) is 63.3 Å². The van der Waals surface area contributed by atoms with Crippen LogP contribution in [0.3, 0.4) is 0 Å². The standard InChI is InChI=1S/C25H32F2N6O2/c1-16-14-19(31-22(30-16)32-10-8-24(26,27)9-11-32)25(33-12-6-23(4-5-23)7-13-33)15-17(20(28)34)2-3-18(25)21(29)35/h2-3,14-15,18H,4-13H2,1H3,(H2,28,34)(H2,29,35). The number of anilines is 1. The number of nitrogens with zero attached hydrogens (tertiary/aromatic N) is 4. The number of piperidine rings is 2. The Morgan fingerprint density at radius 2 is 1.66 bits per heavy atom. The number of nitrogens with two attached hydrogens (primary N) is 2. The van der Waals surface area contributed by atoms with E-state index in [0.29, 0.717) is 35.8 Å². The highest BCUT2D eigenvalue weighted by Gasteiger charge is 2.53. The van der Waals surface area contributed by atoms with Gasteiger partial charge in [-0.25, -0.2) is 18.7 Å². The van der Waals surface area contributed by atoms with Crippen LogP contribution < -0.4 is 16.4 Å². The van der Waals surface area contributed by atoms with Crippen LogP contribution in [-0.2, 0) is 15.1 Å². The van der Waals surface area contributed by atoms with Crippen molar-refractivity contribution in [2.45, 2.75) is 56.9 Å². The minimum Gasteiger partial charge on any atom is -0.369 e. The van der Waals surface area contributed by atoms with Crippen LogP contribution in [0, 0.1) is 18.3 Å². The number of carbonyl (C=O) groups is 2. The van der Waals surface area contributed by atoms with Gasteiger partial charge in [0.25, 0.3) is 5.92 Å². The lowest BCUT2D eigenvalue weighted by Crippen LogP contribution is -2.57. The molecule has 3 heterocycles. The van der Waals surface area contributed by atoms with Crippen molar-refractivity contribution in [3.8, 4) is 0 Å². The van der Waals surface area contributed by atoms with E-state index in [4.69, 9.17) is 16.5 Å². The highest BCUT2D eigenvalue weighted by molar-refractivity contribution is 5.96. The quantitative estimate of drug-likeness (QED) is 0.659. The number of carbonyl (C=O) groups excluding carboxylic acids is 2. The second kappa shape index (κ2) is 8.36. The molecule has 1 aromatic heterocycles. The highest BCUT2D eigenvalue weighted by Crippen LogP contribution is 2.56. The fourth-order valence-corrected chi connectivity index (χ4v) is 5.83. The lowest BCUT2D eigenvalue weighted by Gasteiger charge is -2.49. The number of rotatable bonds is 5. The number of primary amides is 2. The molecule has 2 saturated heterocycles. The Balaban J connectivity index is 1.62. The summed E-state index contributed by atoms with van der Waals surface area (Å²) in [5.74, 6) is -4.28. The summed E-state index contributed by atoms with van der Waals surface area (Å²) in [4.78, 5) is 38.4. The minimum absolute atomic E-state index is 0.136. The molecule has 10 heteroatoms. The Morgan fingerprint density at radius 3 is 2.23 bits per heavy atom. The molecule has 1 aromatic rings. The lowest BCUT2D eigenvalue weighted by atomic mass is 9.72. The second-order valence-electron chi connectivity index (χ2n) is 10.6. The highest BCUT2D eigenvalue weighted by atomic mass is 19.3. The molecule has 5 rings (SSSR count). The van der Waals surface area contributed by atoms with E-state index >= 15 is 0 Å². The Bertz CT molecular complexity index is 1100. The summed E-state index contributed by atoms with van der Waals surface area (Å²) in [6, 6.07) is 1.80. The Kier molecular flexibility index (Phi) is 5.69. The van der Waals surface area contributed by atoms with Crippen molar-refractivity contribution in [3.05, 3.63) is 41.3 Å². The molecule has 4 aliphatic rings. The van der Waals surface area contributed by atoms with E-state index in [1.165, 1.54) is 12.8 Å². The van der Waals surface area contributed by atoms with Gasteiger partial charge in [-0.3, -0.25) is 14.5 Å². The number of amides is 2. The lowest BCUT2D eigenvalue weighted by molar-refractivity contribution is -0.125. The van der Waals surface area contributed by atoms with Crippen molar-refractivity contribution in [2.75, 3.05) is 31.1 Å². The van der Waals surface area contributed by atoms with Gasteiger partial charge in [0.05, 0.1) is 17.2 Å². The monoisotopic (exact) mass is 486 g/mol. The van der Waals surface area contributed by atoms with Crippen LogP contribution in [-0.4, -0.2) is 58.8 Å². The average molecular weight is 487 g/mol. The normalized spacial score (nSPS) is 29.6. The molecular weight excluding hydrogens is 454 g/mol. The average Bonchev–Trinajstić information content (AvgIpc) is 3.57. The fraction of sp³-hybridized carbons (Fsp3) is 0.600. The van der Waals surface area contributed by atoms with Crippen LogP contribution >= 0.6 is 0 Å². The van der Waals surface area contributed by atoms with E-state index < -0.39 is 29.2 Å². The number of hydrogen-bond acceptors (Lipinski definition) is 6. The topological polar surface area (TPSA) is 118 Å². The number of hydrogen-bond donors (Lipinski definition) is 2. The zero-order chi connectivity index (χ0) is 25.0. The molecule has 2 unspecified atom stereocenters. The van der Waals surface area contributed by atoms with E-state index in [-0.39, 0.29) is 31.5 Å². The van der Waals surface area contributed by atoms with Gasteiger partial charge < -0.3 is 16.4 Å². The maximum absolute atomic E-state index is 13.8. The largest absolute Gasteiger partial charge is 0.369 e. The molecule has 2 aliphatic heterocycles. The SMILES string of the molecule is Cc1cc(C2(N3CCC4(CC3)CC4)C=C(C(N)=O)C=CC2C(N)=O)nc(N2CCC(F)(F)CC2)n1. The third-order valence-electron chi connectivity index (χ3n) is 8.24. The van der Waals surface area contributed by atoms with E-state index in [2.05, 4.69) is 9.88 Å². The third kappa shape index (κ3) is 4.32. The van der Waals surface area contributed by atoms with E-state index in [1.807, 2.05) is 6.92 Å². The summed E-state index contributed by atoms with van der Waals surface area (Å²) in [7, 11) is 0. The van der Waals surface area contributed by atoms with Gasteiger partial charge in [-0.15, -0.1) is 0 Å². The predicted octanol–water partition coefficient (Wildman–Crippen LogP) is 2.17. The third-order valence-corrected chi connectivity index (χ3v) is 8.24. The summed E-state index contributed by atoms with van der Waals surface area (Å²) in [6.45, 7) is 3.52. The molecule has 188 valence electrons. The first-order valence-corrected chi connectivity index (χ1v) is 12.3. The molecule has 4 N–H and O–H groups in total. The maximum atomic E-state index is 13.8. The summed E-state index contributed by atoms with van der Waals surface area (Å²) in [5.41, 5.74) is 12.3. The van der Waals surface area contributed by atoms with E-state index in [0.717, 1.165) is 12.8 Å². The smallest absolute Gasteiger partial charge is 0.251 e. The van der Waals surface area contributed by atoms with Gasteiger partial charge in [0.2, 0.25) is 17.8 Å². The molecular formula is C25H32F2N6O2. The fourth-order valence-electron chi connectivity index (χ4n) is 5.83. The molecule has 3 fully saturated rings. The van der Waals surface area contributed by atoms with Gasteiger partial charge in [0.15, 0.2) is 0 Å². The Morgan fingerprint density at radius 1 is 1.00 bits per heavy atom. The number of alkyl halides is 2. The summed E-state index contributed by atoms with van der Waals surface area (Å²) in [6.07, 6.45) is 8.79. The molecule has 0 bridgehead atoms. The van der Waals surface area contributed by atoms with Crippen LogP contribution in [0.15, 0.2) is 29.9 Å². The summed E-state index contributed by atoms with van der Waals surface area (Å²) < 4.78 is 27.6. The number of likely N-dealkylation sites (tertiary alicyclic amines) is 1. The molecule has 8 nitrogen and oxygen atoms in total. The zero-order valence-corrected chi connectivity index (χ0v) is 20.0. The molecule has 1 saturated carbocycles. The van der Waals surface area contributed by atoms with Crippen molar-refractivity contribution in [3.63, 3.8) is 0 Å². The summed E-state index contributed by atoms with van der Waals surface area (Å²) >= 11 is 0. The zero-order valence-electron chi connectivity index (χ0n) is 20.0. The molecule has 35 heavy (non-hydrogen) atoms. The maximum Gasteiger partial charge on any atom is 0.251 e. The van der Waals surface area contributed by atoms with E-state index in [9.17, 15) is 18.4 Å². The first kappa shape index (κ1) is 23.8. The Hall–Kier alpha value is -2.88. The number of aryl methyl sites for hydroxylation is 1. The van der Waals surface area contributed by atoms with Gasteiger partial charge >= 0.3 is 0 Å². The van der Waals surface area contributed by atoms with Crippen molar-refractivity contribution >= 4 is 17.8 Å². The van der Waals surface area contributed by atoms with Crippen molar-refractivity contribution in [1.82, 2.24) is 14.9 Å². The minimum atomic E-state index is -2.69. The van der Waals surface area contributed by atoms with E-state index in [1.54, 1.807) is 29.2 Å². The molecule has 1 spiro atoms. The van der Waals surface area contributed by atoms with Gasteiger partial charge in [0, 0.05) is 37.2 Å². The molecule has 0 aromatic carbocycles. The molecule has 2 atom stereocenters. The van der Waals surface area contributed by atoms with Crippen LogP contribution in [0.5, 0.6) is 0 Å². The molecule has 2 aliphatic carbocycles. The van der Waals surface area contributed by atoms with Crippen molar-refractivity contribution in [1.29, 1.82) is 0 Å². The van der Waals surface area contributed by atoms with Crippen LogP contribution in [0.1, 0.15) is 49.9 Å². The second-order valence-corrected chi connectivity index (χ2v) is 10.6. The summed E-state index contributed by atoms with van der Waals surface area (Å²) in [5, 5.41) is 0. The van der Waals surface area contributed by atoms with Crippen molar-refractivity contribution in [2.24, 2.45) is 22.8 Å². The number of aromatic nitrogens is 2. The predicted molar refractivity (Wildman–Crippen MR) is 126 cm³/mol. The van der Waals surface area contributed by atoms with Crippen LogP contribution in [0.25, 0.3) is 0 Å². The van der Waals surface area contributed by atoms with Crippen LogP contribution in [0.4, 0.5) is 14.7 Å². The number of halogens is 2. The molecule has 2 amide bonds. The first-order valence-electron chi connectivity index (χ1n) is 12.3. The Labute approximate surface area is 203 Å². The van der Waals surface area contributed by atoms with Crippen LogP contribution in [0.2, 0.25) is 0 Å². The van der Waals surface area contributed by atoms with Gasteiger partial charge in [-0.2, -0.15) is 0 Å². The van der Waals surface area contributed by atoms with Crippen molar-refractivity contribution < 1.29 is 18.4 Å².